The first kappa shape index (κ1) is 16.9. The molecule has 1 N–H and O–H groups in total. The molecule has 1 aromatic heterocycles. The van der Waals surface area contributed by atoms with E-state index in [0.29, 0.717) is 35.0 Å². The molecule has 0 unspecified atom stereocenters. The van der Waals surface area contributed by atoms with Crippen LogP contribution in [0.4, 0.5) is 0 Å². The van der Waals surface area contributed by atoms with Crippen molar-refractivity contribution in [3.63, 3.8) is 0 Å². The fraction of sp³-hybridized carbons (Fsp3) is 0.500. The second kappa shape index (κ2) is 6.89. The number of aromatic amines is 1. The monoisotopic (exact) mass is 345 g/mol. The van der Waals surface area contributed by atoms with Gasteiger partial charge in [0.05, 0.1) is 10.9 Å². The first-order valence-corrected chi connectivity index (χ1v) is 8.86. The molecule has 0 radical (unpaired) electrons. The van der Waals surface area contributed by atoms with Gasteiger partial charge in [-0.25, -0.2) is 0 Å². The summed E-state index contributed by atoms with van der Waals surface area (Å²) in [5, 5.41) is 0.596. The van der Waals surface area contributed by atoms with Crippen LogP contribution in [0.1, 0.15) is 26.7 Å². The number of H-pyrrole nitrogens is 1. The Morgan fingerprint density at radius 3 is 2.62 bits per heavy atom. The van der Waals surface area contributed by atoms with Gasteiger partial charge in [-0.2, -0.15) is 0 Å². The first-order valence-electron chi connectivity index (χ1n) is 8.45. The van der Waals surface area contributed by atoms with E-state index in [1.807, 2.05) is 23.1 Å². The van der Waals surface area contributed by atoms with Crippen LogP contribution >= 0.6 is 12.2 Å². The number of benzene rings is 1. The lowest BCUT2D eigenvalue weighted by Gasteiger charge is -2.35. The highest BCUT2D eigenvalue weighted by atomic mass is 32.1. The Morgan fingerprint density at radius 1 is 1.25 bits per heavy atom. The van der Waals surface area contributed by atoms with Gasteiger partial charge in [-0.15, -0.1) is 0 Å². The summed E-state index contributed by atoms with van der Waals surface area (Å²) in [6.07, 6.45) is 1.47. The van der Waals surface area contributed by atoms with Gasteiger partial charge in [-0.05, 0) is 42.6 Å². The number of para-hydroxylation sites is 1. The zero-order chi connectivity index (χ0) is 17.3. The number of rotatable bonds is 3. The number of carbonyl (C=O) groups is 1. The van der Waals surface area contributed by atoms with Crippen molar-refractivity contribution in [2.24, 2.45) is 11.8 Å². The van der Waals surface area contributed by atoms with E-state index in [4.69, 9.17) is 12.2 Å². The lowest BCUT2D eigenvalue weighted by molar-refractivity contribution is -0.134. The minimum absolute atomic E-state index is 0.0999. The highest BCUT2D eigenvalue weighted by molar-refractivity contribution is 7.71. The number of fused-ring (bicyclic) bond motifs is 1. The summed E-state index contributed by atoms with van der Waals surface area (Å²) < 4.78 is 1.86. The second-order valence-electron chi connectivity index (χ2n) is 6.93. The van der Waals surface area contributed by atoms with Gasteiger partial charge in [0.2, 0.25) is 5.91 Å². The van der Waals surface area contributed by atoms with E-state index >= 15 is 0 Å². The van der Waals surface area contributed by atoms with Crippen LogP contribution in [0.25, 0.3) is 10.9 Å². The van der Waals surface area contributed by atoms with Gasteiger partial charge in [-0.3, -0.25) is 14.2 Å². The van der Waals surface area contributed by atoms with Gasteiger partial charge in [0, 0.05) is 26.1 Å². The lowest BCUT2D eigenvalue weighted by atomic mass is 9.92. The lowest BCUT2D eigenvalue weighted by Crippen LogP contribution is -2.43. The van der Waals surface area contributed by atoms with Crippen molar-refractivity contribution < 1.29 is 4.79 Å². The molecule has 0 spiro atoms. The molecule has 3 rings (SSSR count). The van der Waals surface area contributed by atoms with Crippen LogP contribution in [0.2, 0.25) is 0 Å². The Labute approximate surface area is 146 Å². The van der Waals surface area contributed by atoms with E-state index in [1.54, 1.807) is 6.07 Å². The highest BCUT2D eigenvalue weighted by Crippen LogP contribution is 2.21. The first-order chi connectivity index (χ1) is 11.5. The van der Waals surface area contributed by atoms with Crippen molar-refractivity contribution in [2.45, 2.75) is 33.2 Å². The molecule has 1 aliphatic heterocycles. The van der Waals surface area contributed by atoms with Gasteiger partial charge in [-0.1, -0.05) is 26.0 Å². The number of aromatic nitrogens is 2. The van der Waals surface area contributed by atoms with E-state index in [0.717, 1.165) is 18.6 Å². The molecule has 1 amide bonds. The molecule has 0 bridgehead atoms. The van der Waals surface area contributed by atoms with Crippen LogP contribution in [0.5, 0.6) is 0 Å². The van der Waals surface area contributed by atoms with Gasteiger partial charge >= 0.3 is 0 Å². The number of hydrogen-bond acceptors (Lipinski definition) is 3. The quantitative estimate of drug-likeness (QED) is 0.870. The average molecular weight is 345 g/mol. The van der Waals surface area contributed by atoms with Gasteiger partial charge in [0.1, 0.15) is 0 Å². The van der Waals surface area contributed by atoms with Crippen molar-refractivity contribution in [1.82, 2.24) is 14.5 Å². The maximum Gasteiger partial charge on any atom is 0.262 e. The van der Waals surface area contributed by atoms with Crippen LogP contribution in [-0.4, -0.2) is 33.4 Å². The van der Waals surface area contributed by atoms with Crippen LogP contribution in [0, 0.1) is 16.6 Å². The van der Waals surface area contributed by atoms with Crippen LogP contribution in [0.3, 0.4) is 0 Å². The zero-order valence-corrected chi connectivity index (χ0v) is 14.9. The molecule has 2 aromatic rings. The third-order valence-corrected chi connectivity index (χ3v) is 4.98. The largest absolute Gasteiger partial charge is 0.342 e. The number of carbonyl (C=O) groups excluding carboxylic acids is 1. The molecule has 0 saturated carbocycles. The van der Waals surface area contributed by atoms with E-state index in [1.165, 1.54) is 11.0 Å². The van der Waals surface area contributed by atoms with Crippen molar-refractivity contribution in [2.75, 3.05) is 13.1 Å². The van der Waals surface area contributed by atoms with E-state index in [9.17, 15) is 9.59 Å². The van der Waals surface area contributed by atoms with E-state index in [-0.39, 0.29) is 11.5 Å². The molecule has 1 aromatic carbocycles. The number of nitrogens with one attached hydrogen (secondary N) is 1. The molecule has 24 heavy (non-hydrogen) atoms. The number of amides is 1. The number of likely N-dealkylation sites (tertiary alicyclic amines) is 1. The van der Waals surface area contributed by atoms with E-state index in [2.05, 4.69) is 18.8 Å². The Balaban J connectivity index is 1.77. The Kier molecular flexibility index (Phi) is 4.85. The molecule has 1 aliphatic rings. The summed E-state index contributed by atoms with van der Waals surface area (Å²) in [6, 6.07) is 7.29. The van der Waals surface area contributed by atoms with Crippen molar-refractivity contribution in [1.29, 1.82) is 0 Å². The van der Waals surface area contributed by atoms with Crippen LogP contribution in [-0.2, 0) is 11.3 Å². The summed E-state index contributed by atoms with van der Waals surface area (Å²) in [6.45, 7) is 6.29. The normalized spacial score (nSPS) is 21.2. The van der Waals surface area contributed by atoms with Crippen molar-refractivity contribution in [3.8, 4) is 0 Å². The average Bonchev–Trinajstić information content (AvgIpc) is 2.53. The second-order valence-corrected chi connectivity index (χ2v) is 7.31. The molecule has 5 nitrogen and oxygen atoms in total. The summed E-state index contributed by atoms with van der Waals surface area (Å²) in [4.78, 5) is 30.1. The van der Waals surface area contributed by atoms with Crippen molar-refractivity contribution >= 4 is 29.0 Å². The molecular formula is C18H23N3O2S. The SMILES string of the molecule is C[C@@H]1C[C@@H](C)CN(C(=O)CCn2c(=S)[nH]c3ccccc3c2=O)C1. The molecule has 1 fully saturated rings. The van der Waals surface area contributed by atoms with Gasteiger partial charge in [0.15, 0.2) is 4.77 Å². The fourth-order valence-electron chi connectivity index (χ4n) is 3.63. The fourth-order valence-corrected chi connectivity index (χ4v) is 3.92. The molecule has 0 aliphatic carbocycles. The predicted molar refractivity (Wildman–Crippen MR) is 97.5 cm³/mol. The molecular weight excluding hydrogens is 322 g/mol. The minimum Gasteiger partial charge on any atom is -0.342 e. The Hall–Kier alpha value is -1.95. The Morgan fingerprint density at radius 2 is 1.92 bits per heavy atom. The number of hydrogen-bond donors (Lipinski definition) is 1. The maximum absolute atomic E-state index is 12.6. The van der Waals surface area contributed by atoms with Crippen LogP contribution < -0.4 is 5.56 Å². The topological polar surface area (TPSA) is 58.1 Å². The summed E-state index contributed by atoms with van der Waals surface area (Å²) in [5.41, 5.74) is 0.594. The standard InChI is InChI=1S/C18H23N3O2S/c1-12-9-13(2)11-20(10-12)16(22)7-8-21-17(23)14-5-3-4-6-15(14)19-18(21)24/h3-6,12-13H,7-11H2,1-2H3,(H,19,24)/t12-,13-/m1/s1. The summed E-state index contributed by atoms with van der Waals surface area (Å²) in [7, 11) is 0. The maximum atomic E-state index is 12.6. The zero-order valence-electron chi connectivity index (χ0n) is 14.1. The van der Waals surface area contributed by atoms with Gasteiger partial charge in [0.25, 0.3) is 5.56 Å². The predicted octanol–water partition coefficient (Wildman–Crippen LogP) is 2.95. The van der Waals surface area contributed by atoms with Crippen molar-refractivity contribution in [3.05, 3.63) is 39.4 Å². The van der Waals surface area contributed by atoms with E-state index < -0.39 is 0 Å². The molecule has 2 heterocycles. The molecule has 6 heteroatoms. The third-order valence-electron chi connectivity index (χ3n) is 4.66. The summed E-state index contributed by atoms with van der Waals surface area (Å²) >= 11 is 5.30. The minimum atomic E-state index is -0.137. The van der Waals surface area contributed by atoms with Crippen LogP contribution in [0.15, 0.2) is 29.1 Å². The molecule has 128 valence electrons. The third kappa shape index (κ3) is 3.43. The molecule has 1 saturated heterocycles. The van der Waals surface area contributed by atoms with Gasteiger partial charge < -0.3 is 9.88 Å². The smallest absolute Gasteiger partial charge is 0.262 e. The number of piperidine rings is 1. The highest BCUT2D eigenvalue weighted by Gasteiger charge is 2.25. The summed E-state index contributed by atoms with van der Waals surface area (Å²) in [5.74, 6) is 1.16. The number of nitrogens with zero attached hydrogens (tertiary/aromatic N) is 2. The molecule has 2 atom stereocenters. The Bertz CT molecular complexity index is 860.